The second-order valence-corrected chi connectivity index (χ2v) is 3.88. The quantitative estimate of drug-likeness (QED) is 0.333. The van der Waals surface area contributed by atoms with Crippen LogP contribution in [0.5, 0.6) is 0 Å². The number of carbonyl (C=O) groups excluding carboxylic acids is 2. The van der Waals surface area contributed by atoms with Crippen LogP contribution in [-0.4, -0.2) is 43.6 Å². The number of nitrogen functional groups attached to an aromatic ring is 1. The SMILES string of the molecule is CNC(=O)c1ccn(CCn2cc(C(=O)NN)nn2)n1. The Hall–Kier alpha value is -2.75. The summed E-state index contributed by atoms with van der Waals surface area (Å²) in [5.41, 5.74) is 2.45. The van der Waals surface area contributed by atoms with Crippen molar-refractivity contribution in [1.29, 1.82) is 0 Å². The molecule has 0 aliphatic rings. The number of amides is 2. The number of nitrogens with two attached hydrogens (primary N) is 1. The first-order chi connectivity index (χ1) is 9.63. The van der Waals surface area contributed by atoms with E-state index < -0.39 is 5.91 Å². The maximum atomic E-state index is 11.3. The molecule has 0 aliphatic heterocycles. The highest BCUT2D eigenvalue weighted by atomic mass is 16.2. The van der Waals surface area contributed by atoms with Crippen LogP contribution in [0.1, 0.15) is 21.0 Å². The number of aromatic nitrogens is 5. The normalized spacial score (nSPS) is 10.3. The van der Waals surface area contributed by atoms with Gasteiger partial charge in [0.15, 0.2) is 5.69 Å². The van der Waals surface area contributed by atoms with Crippen LogP contribution in [0.25, 0.3) is 0 Å². The van der Waals surface area contributed by atoms with Crippen molar-refractivity contribution in [2.45, 2.75) is 13.1 Å². The highest BCUT2D eigenvalue weighted by Crippen LogP contribution is 1.97. The number of aryl methyl sites for hydroxylation is 2. The smallest absolute Gasteiger partial charge is 0.287 e. The van der Waals surface area contributed by atoms with Gasteiger partial charge >= 0.3 is 0 Å². The predicted molar refractivity (Wildman–Crippen MR) is 67.3 cm³/mol. The summed E-state index contributed by atoms with van der Waals surface area (Å²) in [6.07, 6.45) is 3.17. The van der Waals surface area contributed by atoms with Gasteiger partial charge < -0.3 is 5.32 Å². The lowest BCUT2D eigenvalue weighted by Gasteiger charge is -2.01. The van der Waals surface area contributed by atoms with Crippen LogP contribution >= 0.6 is 0 Å². The highest BCUT2D eigenvalue weighted by molar-refractivity contribution is 5.92. The minimum absolute atomic E-state index is 0.138. The molecule has 0 radical (unpaired) electrons. The molecule has 0 saturated carbocycles. The van der Waals surface area contributed by atoms with E-state index in [0.29, 0.717) is 18.8 Å². The molecule has 2 aromatic rings. The standard InChI is InChI=1S/C10H14N8O2/c1-12-9(19)7-2-3-17(15-7)4-5-18-6-8(14-16-18)10(20)13-11/h2-3,6H,4-5,11H2,1H3,(H,12,19)(H,13,20). The molecule has 0 aromatic carbocycles. The van der Waals surface area contributed by atoms with Crippen molar-refractivity contribution in [2.75, 3.05) is 7.05 Å². The van der Waals surface area contributed by atoms with Crippen LogP contribution in [0.15, 0.2) is 18.5 Å². The molecule has 10 heteroatoms. The molecule has 20 heavy (non-hydrogen) atoms. The fourth-order valence-corrected chi connectivity index (χ4v) is 1.53. The average Bonchev–Trinajstić information content (AvgIpc) is 3.12. The Kier molecular flexibility index (Phi) is 4.05. The molecular weight excluding hydrogens is 264 g/mol. The topological polar surface area (TPSA) is 133 Å². The van der Waals surface area contributed by atoms with Crippen LogP contribution < -0.4 is 16.6 Å². The number of nitrogens with one attached hydrogen (secondary N) is 2. The number of hydrogen-bond acceptors (Lipinski definition) is 6. The van der Waals surface area contributed by atoms with E-state index in [1.165, 1.54) is 10.9 Å². The van der Waals surface area contributed by atoms with Gasteiger partial charge in [0.05, 0.1) is 19.3 Å². The van der Waals surface area contributed by atoms with E-state index in [4.69, 9.17) is 5.84 Å². The molecule has 0 bridgehead atoms. The largest absolute Gasteiger partial charge is 0.354 e. The van der Waals surface area contributed by atoms with Crippen LogP contribution in [0.2, 0.25) is 0 Å². The fraction of sp³-hybridized carbons (Fsp3) is 0.300. The summed E-state index contributed by atoms with van der Waals surface area (Å²) < 4.78 is 3.10. The molecule has 2 amide bonds. The summed E-state index contributed by atoms with van der Waals surface area (Å²) in [7, 11) is 1.54. The molecule has 10 nitrogen and oxygen atoms in total. The zero-order valence-electron chi connectivity index (χ0n) is 10.8. The molecule has 0 atom stereocenters. The van der Waals surface area contributed by atoms with E-state index in [-0.39, 0.29) is 11.6 Å². The molecule has 0 spiro atoms. The van der Waals surface area contributed by atoms with Crippen molar-refractivity contribution in [3.8, 4) is 0 Å². The van der Waals surface area contributed by atoms with Crippen molar-refractivity contribution in [1.82, 2.24) is 35.5 Å². The summed E-state index contributed by atoms with van der Waals surface area (Å²) in [4.78, 5) is 22.5. The summed E-state index contributed by atoms with van der Waals surface area (Å²) in [6, 6.07) is 1.62. The minimum atomic E-state index is -0.503. The molecule has 4 N–H and O–H groups in total. The van der Waals surface area contributed by atoms with Gasteiger partial charge in [0, 0.05) is 13.2 Å². The molecule has 0 aliphatic carbocycles. The van der Waals surface area contributed by atoms with E-state index in [2.05, 4.69) is 20.7 Å². The highest BCUT2D eigenvalue weighted by Gasteiger charge is 2.09. The van der Waals surface area contributed by atoms with Crippen LogP contribution in [0.3, 0.4) is 0 Å². The minimum Gasteiger partial charge on any atom is -0.354 e. The lowest BCUT2D eigenvalue weighted by atomic mass is 10.4. The summed E-state index contributed by atoms with van der Waals surface area (Å²) >= 11 is 0. The summed E-state index contributed by atoms with van der Waals surface area (Å²) in [6.45, 7) is 0.948. The second kappa shape index (κ2) is 5.93. The first kappa shape index (κ1) is 13.7. The third-order valence-corrected chi connectivity index (χ3v) is 2.56. The summed E-state index contributed by atoms with van der Waals surface area (Å²) in [5.74, 6) is 4.25. The Morgan fingerprint density at radius 1 is 1.25 bits per heavy atom. The molecule has 2 rings (SSSR count). The zero-order valence-corrected chi connectivity index (χ0v) is 10.8. The maximum Gasteiger partial charge on any atom is 0.287 e. The van der Waals surface area contributed by atoms with E-state index >= 15 is 0 Å². The number of nitrogens with zero attached hydrogens (tertiary/aromatic N) is 5. The van der Waals surface area contributed by atoms with Gasteiger partial charge in [-0.25, -0.2) is 10.5 Å². The van der Waals surface area contributed by atoms with Crippen molar-refractivity contribution in [3.63, 3.8) is 0 Å². The molecule has 2 aromatic heterocycles. The van der Waals surface area contributed by atoms with Gasteiger partial charge in [0.1, 0.15) is 5.69 Å². The Morgan fingerprint density at radius 2 is 2.00 bits per heavy atom. The van der Waals surface area contributed by atoms with Crippen LogP contribution in [0, 0.1) is 0 Å². The second-order valence-electron chi connectivity index (χ2n) is 3.88. The van der Waals surface area contributed by atoms with Gasteiger partial charge in [-0.15, -0.1) is 5.10 Å². The van der Waals surface area contributed by atoms with Crippen molar-refractivity contribution >= 4 is 11.8 Å². The molecule has 106 valence electrons. The first-order valence-corrected chi connectivity index (χ1v) is 5.80. The van der Waals surface area contributed by atoms with Gasteiger partial charge in [-0.1, -0.05) is 5.21 Å². The van der Waals surface area contributed by atoms with E-state index in [1.807, 2.05) is 5.43 Å². The van der Waals surface area contributed by atoms with E-state index in [0.717, 1.165) is 0 Å². The van der Waals surface area contributed by atoms with Gasteiger partial charge in [-0.2, -0.15) is 5.10 Å². The third kappa shape index (κ3) is 2.98. The van der Waals surface area contributed by atoms with Crippen molar-refractivity contribution in [3.05, 3.63) is 29.8 Å². The van der Waals surface area contributed by atoms with E-state index in [9.17, 15) is 9.59 Å². The average molecular weight is 278 g/mol. The Bertz CT molecular complexity index is 562. The van der Waals surface area contributed by atoms with Crippen molar-refractivity contribution < 1.29 is 9.59 Å². The summed E-state index contributed by atoms with van der Waals surface area (Å²) in [5, 5.41) is 14.1. The maximum absolute atomic E-state index is 11.3. The predicted octanol–water partition coefficient (Wildman–Crippen LogP) is -1.86. The number of hydrogen-bond donors (Lipinski definition) is 3. The Labute approximate surface area is 113 Å². The van der Waals surface area contributed by atoms with Gasteiger partial charge in [-0.3, -0.25) is 19.7 Å². The molecule has 0 saturated heterocycles. The number of carbonyl (C=O) groups is 2. The molecular formula is C10H14N8O2. The fourth-order valence-electron chi connectivity index (χ4n) is 1.53. The van der Waals surface area contributed by atoms with E-state index in [1.54, 1.807) is 24.0 Å². The van der Waals surface area contributed by atoms with Gasteiger partial charge in [-0.05, 0) is 6.07 Å². The Morgan fingerprint density at radius 3 is 2.70 bits per heavy atom. The molecule has 2 heterocycles. The zero-order chi connectivity index (χ0) is 14.5. The first-order valence-electron chi connectivity index (χ1n) is 5.80. The van der Waals surface area contributed by atoms with Crippen LogP contribution in [0.4, 0.5) is 0 Å². The molecule has 0 fully saturated rings. The lowest BCUT2D eigenvalue weighted by Crippen LogP contribution is -2.30. The number of hydrazine groups is 1. The third-order valence-electron chi connectivity index (χ3n) is 2.56. The monoisotopic (exact) mass is 278 g/mol. The Balaban J connectivity index is 1.95. The molecule has 0 unspecified atom stereocenters. The van der Waals surface area contributed by atoms with Gasteiger partial charge in [0.2, 0.25) is 0 Å². The van der Waals surface area contributed by atoms with Gasteiger partial charge in [0.25, 0.3) is 11.8 Å². The van der Waals surface area contributed by atoms with Crippen LogP contribution in [-0.2, 0) is 13.1 Å². The van der Waals surface area contributed by atoms with Crippen molar-refractivity contribution in [2.24, 2.45) is 5.84 Å². The number of rotatable bonds is 5. The lowest BCUT2D eigenvalue weighted by molar-refractivity contribution is 0.0944.